The van der Waals surface area contributed by atoms with Crippen LogP contribution in [0.3, 0.4) is 0 Å². The van der Waals surface area contributed by atoms with Gasteiger partial charge in [0.25, 0.3) is 0 Å². The van der Waals surface area contributed by atoms with Crippen LogP contribution >= 0.6 is 0 Å². The molecule has 1 heterocycles. The van der Waals surface area contributed by atoms with Gasteiger partial charge in [-0.2, -0.15) is 0 Å². The molecule has 5 heteroatoms. The molecule has 21 heavy (non-hydrogen) atoms. The Morgan fingerprint density at radius 1 is 1.43 bits per heavy atom. The molecule has 4 nitrogen and oxygen atoms in total. The van der Waals surface area contributed by atoms with Gasteiger partial charge in [0.2, 0.25) is 5.91 Å². The lowest BCUT2D eigenvalue weighted by atomic mass is 10.1. The lowest BCUT2D eigenvalue weighted by Crippen LogP contribution is -2.44. The third kappa shape index (κ3) is 4.17. The van der Waals surface area contributed by atoms with Crippen molar-refractivity contribution in [2.24, 2.45) is 0 Å². The Labute approximate surface area is 125 Å². The fourth-order valence-electron chi connectivity index (χ4n) is 2.60. The Bertz CT molecular complexity index is 485. The standard InChI is InChI=1S/C16H23FN2O2/c1-11(12-7-8-15(21-2)13(17)10-12)19-16(20)14-6-4-3-5-9-18-14/h7-8,10-11,14,18H,3-6,9H2,1-2H3,(H,19,20). The Hall–Kier alpha value is -1.62. The van der Waals surface area contributed by atoms with Gasteiger partial charge in [0.1, 0.15) is 0 Å². The molecular weight excluding hydrogens is 271 g/mol. The molecule has 1 saturated heterocycles. The molecule has 2 N–H and O–H groups in total. The zero-order valence-electron chi connectivity index (χ0n) is 12.6. The smallest absolute Gasteiger partial charge is 0.237 e. The summed E-state index contributed by atoms with van der Waals surface area (Å²) in [5.74, 6) is -0.216. The number of methoxy groups -OCH3 is 1. The number of benzene rings is 1. The summed E-state index contributed by atoms with van der Waals surface area (Å²) < 4.78 is 18.6. The minimum Gasteiger partial charge on any atom is -0.494 e. The van der Waals surface area contributed by atoms with Gasteiger partial charge in [-0.3, -0.25) is 4.79 Å². The minimum absolute atomic E-state index is 0.0133. The molecule has 116 valence electrons. The molecule has 0 saturated carbocycles. The Morgan fingerprint density at radius 3 is 2.95 bits per heavy atom. The predicted molar refractivity (Wildman–Crippen MR) is 79.8 cm³/mol. The summed E-state index contributed by atoms with van der Waals surface area (Å²) in [6, 6.07) is 4.38. The van der Waals surface area contributed by atoms with Crippen molar-refractivity contribution in [1.29, 1.82) is 0 Å². The van der Waals surface area contributed by atoms with E-state index >= 15 is 0 Å². The lowest BCUT2D eigenvalue weighted by Gasteiger charge is -2.20. The first kappa shape index (κ1) is 15.8. The van der Waals surface area contributed by atoms with Gasteiger partial charge in [-0.05, 0) is 44.0 Å². The van der Waals surface area contributed by atoms with Gasteiger partial charge in [-0.15, -0.1) is 0 Å². The van der Waals surface area contributed by atoms with Gasteiger partial charge < -0.3 is 15.4 Å². The van der Waals surface area contributed by atoms with Crippen LogP contribution in [-0.4, -0.2) is 25.6 Å². The van der Waals surface area contributed by atoms with E-state index in [0.29, 0.717) is 0 Å². The Balaban J connectivity index is 1.98. The van der Waals surface area contributed by atoms with Crippen molar-refractivity contribution >= 4 is 5.91 Å². The first-order valence-corrected chi connectivity index (χ1v) is 7.49. The van der Waals surface area contributed by atoms with Crippen molar-refractivity contribution in [3.05, 3.63) is 29.6 Å². The summed E-state index contributed by atoms with van der Waals surface area (Å²) in [4.78, 5) is 12.3. The largest absolute Gasteiger partial charge is 0.494 e. The number of nitrogens with one attached hydrogen (secondary N) is 2. The minimum atomic E-state index is -0.413. The van der Waals surface area contributed by atoms with Gasteiger partial charge in [0.05, 0.1) is 19.2 Å². The third-order valence-electron chi connectivity index (χ3n) is 3.91. The molecule has 2 atom stereocenters. The number of hydrogen-bond donors (Lipinski definition) is 2. The van der Waals surface area contributed by atoms with Gasteiger partial charge in [-0.25, -0.2) is 4.39 Å². The van der Waals surface area contributed by atoms with Crippen LogP contribution in [0.2, 0.25) is 0 Å². The average molecular weight is 294 g/mol. The maximum absolute atomic E-state index is 13.7. The summed E-state index contributed by atoms with van der Waals surface area (Å²) in [6.07, 6.45) is 4.20. The van der Waals surface area contributed by atoms with Crippen molar-refractivity contribution in [3.63, 3.8) is 0 Å². The zero-order valence-corrected chi connectivity index (χ0v) is 12.6. The van der Waals surface area contributed by atoms with Crippen LogP contribution in [0.25, 0.3) is 0 Å². The number of hydrogen-bond acceptors (Lipinski definition) is 3. The normalized spacial score (nSPS) is 20.4. The van der Waals surface area contributed by atoms with E-state index in [1.807, 2.05) is 6.92 Å². The summed E-state index contributed by atoms with van der Waals surface area (Å²) in [6.45, 7) is 2.74. The fraction of sp³-hybridized carbons (Fsp3) is 0.562. The molecule has 1 aromatic carbocycles. The van der Waals surface area contributed by atoms with E-state index in [9.17, 15) is 9.18 Å². The van der Waals surface area contributed by atoms with Crippen LogP contribution in [0.15, 0.2) is 18.2 Å². The van der Waals surface area contributed by atoms with Crippen molar-refractivity contribution in [1.82, 2.24) is 10.6 Å². The molecule has 0 aliphatic carbocycles. The number of carbonyl (C=O) groups excluding carboxylic acids is 1. The van der Waals surface area contributed by atoms with Gasteiger partial charge in [-0.1, -0.05) is 18.9 Å². The number of amides is 1. The highest BCUT2D eigenvalue weighted by Gasteiger charge is 2.21. The van der Waals surface area contributed by atoms with Gasteiger partial charge in [0, 0.05) is 0 Å². The second-order valence-electron chi connectivity index (χ2n) is 5.48. The average Bonchev–Trinajstić information content (AvgIpc) is 2.76. The molecule has 1 amide bonds. The second kappa shape index (κ2) is 7.41. The summed E-state index contributed by atoms with van der Waals surface area (Å²) >= 11 is 0. The van der Waals surface area contributed by atoms with Crippen LogP contribution in [-0.2, 0) is 4.79 Å². The highest BCUT2D eigenvalue weighted by Crippen LogP contribution is 2.22. The number of ether oxygens (including phenoxy) is 1. The molecule has 0 aromatic heterocycles. The predicted octanol–water partition coefficient (Wildman–Crippen LogP) is 2.54. The maximum Gasteiger partial charge on any atom is 0.237 e. The Kier molecular flexibility index (Phi) is 5.56. The molecule has 2 rings (SSSR count). The molecule has 0 spiro atoms. The van der Waals surface area contributed by atoms with Crippen molar-refractivity contribution in [2.45, 2.75) is 44.7 Å². The second-order valence-corrected chi connectivity index (χ2v) is 5.48. The van der Waals surface area contributed by atoms with Gasteiger partial charge >= 0.3 is 0 Å². The first-order chi connectivity index (χ1) is 10.1. The number of halogens is 1. The molecule has 1 aliphatic rings. The van der Waals surface area contributed by atoms with E-state index < -0.39 is 5.82 Å². The van der Waals surface area contributed by atoms with E-state index in [0.717, 1.165) is 37.8 Å². The van der Waals surface area contributed by atoms with Crippen LogP contribution in [0.4, 0.5) is 4.39 Å². The SMILES string of the molecule is COc1ccc(C(C)NC(=O)C2CCCCCN2)cc1F. The summed E-state index contributed by atoms with van der Waals surface area (Å²) in [7, 11) is 1.43. The van der Waals surface area contributed by atoms with E-state index in [-0.39, 0.29) is 23.7 Å². The van der Waals surface area contributed by atoms with Gasteiger partial charge in [0.15, 0.2) is 11.6 Å². The fourth-order valence-corrected chi connectivity index (χ4v) is 2.60. The Morgan fingerprint density at radius 2 is 2.24 bits per heavy atom. The number of rotatable bonds is 4. The highest BCUT2D eigenvalue weighted by atomic mass is 19.1. The topological polar surface area (TPSA) is 50.4 Å². The molecule has 1 aliphatic heterocycles. The zero-order chi connectivity index (χ0) is 15.2. The number of carbonyl (C=O) groups is 1. The van der Waals surface area contributed by atoms with E-state index in [1.165, 1.54) is 13.2 Å². The summed E-state index contributed by atoms with van der Waals surface area (Å²) in [5, 5.41) is 6.21. The monoisotopic (exact) mass is 294 g/mol. The molecule has 1 aromatic rings. The van der Waals surface area contributed by atoms with Crippen LogP contribution in [0.1, 0.15) is 44.2 Å². The van der Waals surface area contributed by atoms with Crippen molar-refractivity contribution in [2.75, 3.05) is 13.7 Å². The molecule has 1 fully saturated rings. The summed E-state index contributed by atoms with van der Waals surface area (Å²) in [5.41, 5.74) is 0.732. The third-order valence-corrected chi connectivity index (χ3v) is 3.91. The quantitative estimate of drug-likeness (QED) is 0.897. The molecule has 2 unspecified atom stereocenters. The molecular formula is C16H23FN2O2. The molecule has 0 bridgehead atoms. The molecule has 0 radical (unpaired) electrons. The van der Waals surface area contributed by atoms with Crippen LogP contribution in [0, 0.1) is 5.82 Å². The van der Waals surface area contributed by atoms with Crippen molar-refractivity contribution < 1.29 is 13.9 Å². The lowest BCUT2D eigenvalue weighted by molar-refractivity contribution is -0.123. The van der Waals surface area contributed by atoms with Crippen LogP contribution < -0.4 is 15.4 Å². The van der Waals surface area contributed by atoms with Crippen molar-refractivity contribution in [3.8, 4) is 5.75 Å². The van der Waals surface area contributed by atoms with Crippen LogP contribution in [0.5, 0.6) is 5.75 Å². The van der Waals surface area contributed by atoms with E-state index in [2.05, 4.69) is 10.6 Å². The van der Waals surface area contributed by atoms with E-state index in [4.69, 9.17) is 4.74 Å². The maximum atomic E-state index is 13.7. The first-order valence-electron chi connectivity index (χ1n) is 7.49. The van der Waals surface area contributed by atoms with E-state index in [1.54, 1.807) is 12.1 Å². The highest BCUT2D eigenvalue weighted by molar-refractivity contribution is 5.82.